The minimum absolute atomic E-state index is 0.0138. The number of aromatic nitrogens is 2. The minimum atomic E-state index is -0.798. The number of anilines is 2. The van der Waals surface area contributed by atoms with Crippen LogP contribution in [0.15, 0.2) is 66.7 Å². The number of aryl methyl sites for hydroxylation is 1. The Hall–Kier alpha value is -4.51. The summed E-state index contributed by atoms with van der Waals surface area (Å²) in [7, 11) is 1.53. The molecule has 8 nitrogen and oxygen atoms in total. The summed E-state index contributed by atoms with van der Waals surface area (Å²) in [5.74, 6) is -3.99. The maximum atomic E-state index is 14.2. The maximum absolute atomic E-state index is 14.2. The van der Waals surface area contributed by atoms with Gasteiger partial charge in [-0.1, -0.05) is 46.9 Å². The lowest BCUT2D eigenvalue weighted by atomic mass is 10.1. The van der Waals surface area contributed by atoms with Crippen molar-refractivity contribution >= 4 is 74.9 Å². The average Bonchev–Trinajstić information content (AvgIpc) is 3.41. The predicted octanol–water partition coefficient (Wildman–Crippen LogP) is 7.66. The minimum Gasteiger partial charge on any atom is -0.453 e. The number of carbonyl (C=O) groups excluding carboxylic acids is 3. The largest absolute Gasteiger partial charge is 0.453 e. The molecule has 1 aliphatic rings. The van der Waals surface area contributed by atoms with Crippen LogP contribution in [0, 0.1) is 11.6 Å². The zero-order valence-corrected chi connectivity index (χ0v) is 23.5. The van der Waals surface area contributed by atoms with Gasteiger partial charge >= 0.3 is 0 Å². The molecule has 1 N–H and O–H groups in total. The zero-order chi connectivity index (χ0) is 29.9. The highest BCUT2D eigenvalue weighted by Gasteiger charge is 2.40. The highest BCUT2D eigenvalue weighted by atomic mass is 35.5. The number of rotatable bonds is 5. The number of nitrogens with zero attached hydrogens (tertiary/aromatic N) is 3. The van der Waals surface area contributed by atoms with Gasteiger partial charge in [0.05, 0.1) is 37.8 Å². The molecule has 1 aromatic heterocycles. The fraction of sp³-hybridized carbons (Fsp3) is 0.0345. The molecule has 0 spiro atoms. The Labute approximate surface area is 250 Å². The van der Waals surface area contributed by atoms with Crippen molar-refractivity contribution in [2.24, 2.45) is 7.05 Å². The maximum Gasteiger partial charge on any atom is 0.267 e. The number of hydrogen-bond donors (Lipinski definition) is 1. The molecule has 0 unspecified atom stereocenters. The second-order valence-electron chi connectivity index (χ2n) is 9.19. The summed E-state index contributed by atoms with van der Waals surface area (Å²) in [6.45, 7) is 0. The third-order valence-electron chi connectivity index (χ3n) is 6.48. The first-order valence-corrected chi connectivity index (χ1v) is 13.2. The molecular weight excluding hydrogens is 613 g/mol. The summed E-state index contributed by atoms with van der Waals surface area (Å²) < 4.78 is 35.7. The Balaban J connectivity index is 1.59. The molecule has 6 rings (SSSR count). The van der Waals surface area contributed by atoms with Crippen LogP contribution in [0.1, 0.15) is 31.1 Å². The quantitative estimate of drug-likeness (QED) is 0.202. The van der Waals surface area contributed by atoms with Gasteiger partial charge in [-0.25, -0.2) is 13.7 Å². The first-order chi connectivity index (χ1) is 20.0. The van der Waals surface area contributed by atoms with E-state index in [2.05, 4.69) is 10.4 Å². The first kappa shape index (κ1) is 27.6. The summed E-state index contributed by atoms with van der Waals surface area (Å²) in [6, 6.07) is 14.2. The molecule has 13 heteroatoms. The molecule has 5 aromatic rings. The molecule has 4 aromatic carbocycles. The Bertz CT molecular complexity index is 1940. The van der Waals surface area contributed by atoms with E-state index in [1.165, 1.54) is 42.1 Å². The van der Waals surface area contributed by atoms with E-state index in [9.17, 15) is 23.2 Å². The van der Waals surface area contributed by atoms with Crippen molar-refractivity contribution in [1.82, 2.24) is 9.78 Å². The molecule has 0 radical (unpaired) electrons. The summed E-state index contributed by atoms with van der Waals surface area (Å²) in [4.78, 5) is 40.9. The van der Waals surface area contributed by atoms with Crippen molar-refractivity contribution in [2.75, 3.05) is 10.2 Å². The smallest absolute Gasteiger partial charge is 0.267 e. The van der Waals surface area contributed by atoms with E-state index < -0.39 is 29.4 Å². The highest BCUT2D eigenvalue weighted by molar-refractivity contribution is 6.39. The average molecular weight is 628 g/mol. The normalized spacial score (nSPS) is 12.7. The fourth-order valence-electron chi connectivity index (χ4n) is 4.67. The van der Waals surface area contributed by atoms with E-state index in [1.807, 2.05) is 0 Å². The zero-order valence-electron chi connectivity index (χ0n) is 21.2. The number of carbonyl (C=O) groups is 3. The molecule has 0 saturated heterocycles. The van der Waals surface area contributed by atoms with Crippen molar-refractivity contribution in [1.29, 1.82) is 0 Å². The molecule has 3 amide bonds. The lowest BCUT2D eigenvalue weighted by molar-refractivity contribution is 0.0924. The molecule has 1 aliphatic heterocycles. The SMILES string of the molecule is Cn1nc(N2C(=O)c3ccccc3C2=O)c2c(Oc3cc(F)ccc3Cl)c(NC(=O)c3cc(F)cc(Cl)c3)cc(Cl)c21. The molecule has 42 heavy (non-hydrogen) atoms. The van der Waals surface area contributed by atoms with Crippen LogP contribution in [0.25, 0.3) is 10.9 Å². The van der Waals surface area contributed by atoms with Gasteiger partial charge in [0.15, 0.2) is 11.6 Å². The molecule has 0 atom stereocenters. The third-order valence-corrected chi connectivity index (χ3v) is 7.30. The first-order valence-electron chi connectivity index (χ1n) is 12.1. The lowest BCUT2D eigenvalue weighted by Gasteiger charge is -2.18. The van der Waals surface area contributed by atoms with Crippen molar-refractivity contribution in [3.05, 3.63) is 110 Å². The van der Waals surface area contributed by atoms with E-state index in [-0.39, 0.29) is 65.7 Å². The number of fused-ring (bicyclic) bond motifs is 2. The van der Waals surface area contributed by atoms with Gasteiger partial charge in [0.2, 0.25) is 0 Å². The van der Waals surface area contributed by atoms with Crippen LogP contribution in [0.2, 0.25) is 15.1 Å². The van der Waals surface area contributed by atoms with E-state index in [1.54, 1.807) is 12.1 Å². The second-order valence-corrected chi connectivity index (χ2v) is 10.4. The van der Waals surface area contributed by atoms with E-state index >= 15 is 0 Å². The van der Waals surface area contributed by atoms with Crippen LogP contribution >= 0.6 is 34.8 Å². The summed E-state index contributed by atoms with van der Waals surface area (Å²) in [5, 5.41) is 7.09. The van der Waals surface area contributed by atoms with Crippen LogP contribution in [0.3, 0.4) is 0 Å². The molecule has 0 aliphatic carbocycles. The monoisotopic (exact) mass is 626 g/mol. The summed E-state index contributed by atoms with van der Waals surface area (Å²) in [6.07, 6.45) is 0. The van der Waals surface area contributed by atoms with Gasteiger partial charge < -0.3 is 10.1 Å². The molecule has 0 bridgehead atoms. The molecule has 0 fully saturated rings. The Morgan fingerprint density at radius 1 is 0.881 bits per heavy atom. The number of benzene rings is 4. The van der Waals surface area contributed by atoms with Crippen LogP contribution in [0.5, 0.6) is 11.5 Å². The number of amides is 3. The highest BCUT2D eigenvalue weighted by Crippen LogP contribution is 2.47. The summed E-state index contributed by atoms with van der Waals surface area (Å²) >= 11 is 18.9. The fourth-order valence-corrected chi connectivity index (χ4v) is 5.37. The second kappa shape index (κ2) is 10.4. The van der Waals surface area contributed by atoms with Gasteiger partial charge in [-0.15, -0.1) is 0 Å². The molecular formula is C29H15Cl3F2N4O4. The Morgan fingerprint density at radius 3 is 2.24 bits per heavy atom. The van der Waals surface area contributed by atoms with Crippen molar-refractivity contribution in [3.8, 4) is 11.5 Å². The van der Waals surface area contributed by atoms with Gasteiger partial charge in [-0.2, -0.15) is 5.10 Å². The molecule has 0 saturated carbocycles. The predicted molar refractivity (Wildman–Crippen MR) is 154 cm³/mol. The third kappa shape index (κ3) is 4.63. The van der Waals surface area contributed by atoms with E-state index in [4.69, 9.17) is 39.5 Å². The summed E-state index contributed by atoms with van der Waals surface area (Å²) in [5.41, 5.74) is 0.338. The van der Waals surface area contributed by atoms with Crippen molar-refractivity contribution < 1.29 is 27.9 Å². The van der Waals surface area contributed by atoms with Crippen LogP contribution in [0.4, 0.5) is 20.3 Å². The molecule has 2 heterocycles. The van der Waals surface area contributed by atoms with Gasteiger partial charge in [0, 0.05) is 23.7 Å². The van der Waals surface area contributed by atoms with Crippen LogP contribution in [-0.2, 0) is 7.05 Å². The Kier molecular flexibility index (Phi) is 6.84. The van der Waals surface area contributed by atoms with E-state index in [0.29, 0.717) is 0 Å². The topological polar surface area (TPSA) is 93.5 Å². The number of imide groups is 1. The number of ether oxygens (including phenoxy) is 1. The van der Waals surface area contributed by atoms with Crippen LogP contribution in [-0.4, -0.2) is 27.5 Å². The number of hydrogen-bond acceptors (Lipinski definition) is 5. The van der Waals surface area contributed by atoms with Gasteiger partial charge in [-0.05, 0) is 48.5 Å². The van der Waals surface area contributed by atoms with Gasteiger partial charge in [0.25, 0.3) is 17.7 Å². The Morgan fingerprint density at radius 2 is 1.57 bits per heavy atom. The number of nitrogens with one attached hydrogen (secondary N) is 1. The molecule has 210 valence electrons. The van der Waals surface area contributed by atoms with Gasteiger partial charge in [-0.3, -0.25) is 19.1 Å². The van der Waals surface area contributed by atoms with Crippen molar-refractivity contribution in [3.63, 3.8) is 0 Å². The van der Waals surface area contributed by atoms with Gasteiger partial charge in [0.1, 0.15) is 17.4 Å². The lowest BCUT2D eigenvalue weighted by Crippen LogP contribution is -2.30. The standard InChI is InChI=1S/C29H15Cl3F2N4O4/c1-37-24-20(32)12-21(35-27(39)13-8-14(30)10-16(34)9-13)25(42-22-11-15(33)6-7-19(22)31)23(24)26(36-37)38-28(40)17-4-2-3-5-18(17)29(38)41/h2-12H,1H3,(H,35,39). The van der Waals surface area contributed by atoms with E-state index in [0.717, 1.165) is 29.2 Å². The number of halogens is 5. The van der Waals surface area contributed by atoms with Crippen LogP contribution < -0.4 is 15.0 Å². The van der Waals surface area contributed by atoms with Crippen molar-refractivity contribution in [2.45, 2.75) is 0 Å².